The smallest absolute Gasteiger partial charge is 0.161 e. The van der Waals surface area contributed by atoms with Crippen molar-refractivity contribution in [1.82, 2.24) is 0 Å². The molecule has 0 saturated carbocycles. The number of aryl methyl sites for hydroxylation is 3. The van der Waals surface area contributed by atoms with Crippen LogP contribution in [0.5, 0.6) is 17.2 Å². The largest absolute Gasteiger partial charge is 0.507 e. The summed E-state index contributed by atoms with van der Waals surface area (Å²) in [5.74, 6) is 0.946. The molecule has 0 aromatic heterocycles. The summed E-state index contributed by atoms with van der Waals surface area (Å²) in [6.07, 6.45) is 3.58. The van der Waals surface area contributed by atoms with Gasteiger partial charge in [0.25, 0.3) is 0 Å². The summed E-state index contributed by atoms with van der Waals surface area (Å²) in [5, 5.41) is 21.5. The molecule has 2 aromatic rings. The van der Waals surface area contributed by atoms with Crippen molar-refractivity contribution >= 4 is 0 Å². The number of hydrogen-bond acceptors (Lipinski definition) is 3. The standard InChI is InChI=1S/C22H30O3/c1-6-9-17(18-11-15(7-2)10-14(4)21(18)23)19-12-16(8-3)13-20(25-5)22(19)24/h10-13,17,23-24H,6-9H2,1-5H3. The summed E-state index contributed by atoms with van der Waals surface area (Å²) < 4.78 is 5.38. The van der Waals surface area contributed by atoms with Crippen LogP contribution in [-0.4, -0.2) is 17.3 Å². The first-order valence-corrected chi connectivity index (χ1v) is 9.18. The van der Waals surface area contributed by atoms with Crippen LogP contribution < -0.4 is 4.74 Å². The van der Waals surface area contributed by atoms with Crippen LogP contribution >= 0.6 is 0 Å². The lowest BCUT2D eigenvalue weighted by molar-refractivity contribution is 0.368. The number of rotatable bonds is 7. The minimum absolute atomic E-state index is 0.0596. The predicted octanol–water partition coefficient (Wildman–Crippen LogP) is 5.47. The Balaban J connectivity index is 2.69. The van der Waals surface area contributed by atoms with Crippen LogP contribution in [0.1, 0.15) is 67.3 Å². The third kappa shape index (κ3) is 3.92. The van der Waals surface area contributed by atoms with Gasteiger partial charge in [-0.25, -0.2) is 0 Å². The minimum Gasteiger partial charge on any atom is -0.507 e. The number of phenols is 2. The molecule has 0 fully saturated rings. The van der Waals surface area contributed by atoms with Gasteiger partial charge in [-0.1, -0.05) is 45.4 Å². The predicted molar refractivity (Wildman–Crippen MR) is 103 cm³/mol. The SMILES string of the molecule is CCCC(c1cc(CC)cc(C)c1O)c1cc(CC)cc(OC)c1O. The first kappa shape index (κ1) is 19.2. The van der Waals surface area contributed by atoms with E-state index < -0.39 is 0 Å². The normalized spacial score (nSPS) is 12.2. The second-order valence-corrected chi connectivity index (χ2v) is 6.63. The van der Waals surface area contributed by atoms with Crippen molar-refractivity contribution in [3.8, 4) is 17.2 Å². The fraction of sp³-hybridized carbons (Fsp3) is 0.455. The van der Waals surface area contributed by atoms with Gasteiger partial charge in [0.1, 0.15) is 5.75 Å². The Kier molecular flexibility index (Phi) is 6.35. The van der Waals surface area contributed by atoms with Crippen molar-refractivity contribution in [1.29, 1.82) is 0 Å². The quantitative estimate of drug-likeness (QED) is 0.701. The van der Waals surface area contributed by atoms with Gasteiger partial charge in [-0.05, 0) is 48.9 Å². The molecule has 136 valence electrons. The van der Waals surface area contributed by atoms with Crippen molar-refractivity contribution in [3.05, 3.63) is 52.1 Å². The lowest BCUT2D eigenvalue weighted by Crippen LogP contribution is -2.05. The van der Waals surface area contributed by atoms with Gasteiger partial charge in [0.15, 0.2) is 11.5 Å². The summed E-state index contributed by atoms with van der Waals surface area (Å²) in [6.45, 7) is 8.26. The highest BCUT2D eigenvalue weighted by atomic mass is 16.5. The van der Waals surface area contributed by atoms with Crippen LogP contribution in [0.15, 0.2) is 24.3 Å². The first-order valence-electron chi connectivity index (χ1n) is 9.18. The number of methoxy groups -OCH3 is 1. The third-order valence-corrected chi connectivity index (χ3v) is 4.92. The van der Waals surface area contributed by atoms with Crippen LogP contribution in [0.3, 0.4) is 0 Å². The van der Waals surface area contributed by atoms with E-state index in [0.717, 1.165) is 47.9 Å². The number of phenolic OH excluding ortho intramolecular Hbond substituents is 2. The summed E-state index contributed by atoms with van der Waals surface area (Å²) in [5.41, 5.74) is 4.93. The lowest BCUT2D eigenvalue weighted by Gasteiger charge is -2.23. The second-order valence-electron chi connectivity index (χ2n) is 6.63. The van der Waals surface area contributed by atoms with Crippen molar-refractivity contribution in [2.75, 3.05) is 7.11 Å². The van der Waals surface area contributed by atoms with Crippen molar-refractivity contribution in [2.45, 2.75) is 59.3 Å². The molecule has 0 spiro atoms. The van der Waals surface area contributed by atoms with E-state index in [9.17, 15) is 10.2 Å². The zero-order valence-corrected chi connectivity index (χ0v) is 16.0. The molecule has 3 heteroatoms. The van der Waals surface area contributed by atoms with Crippen LogP contribution in [0.4, 0.5) is 0 Å². The molecule has 2 rings (SSSR count). The zero-order chi connectivity index (χ0) is 18.6. The molecular formula is C22H30O3. The molecule has 0 amide bonds. The van der Waals surface area contributed by atoms with E-state index in [1.807, 2.05) is 25.1 Å². The van der Waals surface area contributed by atoms with Gasteiger partial charge in [0, 0.05) is 17.0 Å². The lowest BCUT2D eigenvalue weighted by atomic mass is 9.83. The van der Waals surface area contributed by atoms with E-state index in [1.54, 1.807) is 7.11 Å². The Bertz CT molecular complexity index is 735. The molecule has 0 radical (unpaired) electrons. The van der Waals surface area contributed by atoms with E-state index in [0.29, 0.717) is 11.5 Å². The molecule has 0 heterocycles. The van der Waals surface area contributed by atoms with E-state index >= 15 is 0 Å². The number of aromatic hydroxyl groups is 2. The fourth-order valence-electron chi connectivity index (χ4n) is 3.43. The topological polar surface area (TPSA) is 49.7 Å². The van der Waals surface area contributed by atoms with Crippen molar-refractivity contribution < 1.29 is 14.9 Å². The average Bonchev–Trinajstić information content (AvgIpc) is 2.62. The van der Waals surface area contributed by atoms with Crippen molar-refractivity contribution in [2.24, 2.45) is 0 Å². The Morgan fingerprint density at radius 1 is 0.880 bits per heavy atom. The molecule has 2 aromatic carbocycles. The molecule has 2 N–H and O–H groups in total. The number of ether oxygens (including phenoxy) is 1. The molecule has 0 aliphatic rings. The molecule has 0 aliphatic carbocycles. The Hall–Kier alpha value is -2.16. The molecule has 1 unspecified atom stereocenters. The van der Waals surface area contributed by atoms with Gasteiger partial charge in [-0.15, -0.1) is 0 Å². The number of benzene rings is 2. The second kappa shape index (κ2) is 8.28. The molecule has 0 aliphatic heterocycles. The van der Waals surface area contributed by atoms with E-state index in [2.05, 4.69) is 26.8 Å². The van der Waals surface area contributed by atoms with Gasteiger partial charge in [0.05, 0.1) is 7.11 Å². The summed E-state index contributed by atoms with van der Waals surface area (Å²) in [7, 11) is 1.58. The van der Waals surface area contributed by atoms with Gasteiger partial charge in [-0.2, -0.15) is 0 Å². The summed E-state index contributed by atoms with van der Waals surface area (Å²) in [4.78, 5) is 0. The average molecular weight is 342 g/mol. The third-order valence-electron chi connectivity index (χ3n) is 4.92. The van der Waals surface area contributed by atoms with Gasteiger partial charge >= 0.3 is 0 Å². The van der Waals surface area contributed by atoms with Gasteiger partial charge in [-0.3, -0.25) is 0 Å². The number of hydrogen-bond donors (Lipinski definition) is 2. The summed E-state index contributed by atoms with van der Waals surface area (Å²) >= 11 is 0. The molecule has 3 nitrogen and oxygen atoms in total. The zero-order valence-electron chi connectivity index (χ0n) is 16.0. The van der Waals surface area contributed by atoms with Gasteiger partial charge in [0.2, 0.25) is 0 Å². The van der Waals surface area contributed by atoms with E-state index in [-0.39, 0.29) is 11.7 Å². The van der Waals surface area contributed by atoms with E-state index in [4.69, 9.17) is 4.74 Å². The van der Waals surface area contributed by atoms with Crippen LogP contribution in [0.2, 0.25) is 0 Å². The molecule has 1 atom stereocenters. The molecular weight excluding hydrogens is 312 g/mol. The molecule has 0 bridgehead atoms. The van der Waals surface area contributed by atoms with E-state index in [1.165, 1.54) is 5.56 Å². The van der Waals surface area contributed by atoms with Crippen LogP contribution in [0.25, 0.3) is 0 Å². The van der Waals surface area contributed by atoms with Gasteiger partial charge < -0.3 is 14.9 Å². The maximum atomic E-state index is 10.7. The first-order chi connectivity index (χ1) is 12.0. The summed E-state index contributed by atoms with van der Waals surface area (Å²) in [6, 6.07) is 8.04. The highest BCUT2D eigenvalue weighted by molar-refractivity contribution is 5.56. The highest BCUT2D eigenvalue weighted by Gasteiger charge is 2.24. The maximum Gasteiger partial charge on any atom is 0.161 e. The van der Waals surface area contributed by atoms with Crippen LogP contribution in [0, 0.1) is 6.92 Å². The Morgan fingerprint density at radius 2 is 1.44 bits per heavy atom. The van der Waals surface area contributed by atoms with Crippen molar-refractivity contribution in [3.63, 3.8) is 0 Å². The highest BCUT2D eigenvalue weighted by Crippen LogP contribution is 2.44. The monoisotopic (exact) mass is 342 g/mol. The molecule has 0 saturated heterocycles. The van der Waals surface area contributed by atoms with Crippen LogP contribution in [-0.2, 0) is 12.8 Å². The Morgan fingerprint density at radius 3 is 1.96 bits per heavy atom. The Labute approximate surface area is 151 Å². The molecule has 25 heavy (non-hydrogen) atoms. The fourth-order valence-corrected chi connectivity index (χ4v) is 3.43. The maximum absolute atomic E-state index is 10.7. The minimum atomic E-state index is -0.0596.